The first-order chi connectivity index (χ1) is 14.6. The van der Waals surface area contributed by atoms with Crippen molar-refractivity contribution in [2.45, 2.75) is 138 Å². The van der Waals surface area contributed by atoms with E-state index in [1.165, 1.54) is 57.8 Å². The summed E-state index contributed by atoms with van der Waals surface area (Å²) in [6.07, 6.45) is 13.5. The van der Waals surface area contributed by atoms with Gasteiger partial charge in [-0.25, -0.2) is 0 Å². The highest BCUT2D eigenvalue weighted by atomic mass is 14.4. The molecule has 1 heteroatoms. The maximum atomic E-state index is 2.58. The van der Waals surface area contributed by atoms with Crippen LogP contribution in [0.1, 0.15) is 120 Å². The molecule has 0 aromatic carbocycles. The molecule has 0 radical (unpaired) electrons. The first-order valence-electron chi connectivity index (χ1n) is 14.6. The number of rotatable bonds is 6. The lowest BCUT2D eigenvalue weighted by Crippen LogP contribution is -2.48. The normalized spacial score (nSPS) is 42.4. The maximum absolute atomic E-state index is 2.58. The van der Waals surface area contributed by atoms with Gasteiger partial charge in [0, 0.05) is 0 Å². The Kier molecular flexibility index (Phi) is 9.11. The molecule has 180 valence electrons. The molecule has 31 heavy (non-hydrogen) atoms. The van der Waals surface area contributed by atoms with Crippen LogP contribution in [-0.2, 0) is 0 Å². The van der Waals surface area contributed by atoms with Crippen LogP contribution >= 0.6 is 0 Å². The largest absolute Gasteiger partial charge is 0.150 e. The minimum atomic E-state index is 0.858. The van der Waals surface area contributed by atoms with Crippen molar-refractivity contribution < 1.29 is 0 Å². The molecule has 0 aromatic rings. The van der Waals surface area contributed by atoms with Gasteiger partial charge < -0.3 is 0 Å². The Morgan fingerprint density at radius 3 is 0.935 bits per heavy atom. The molecule has 0 aliphatic heterocycles. The van der Waals surface area contributed by atoms with Gasteiger partial charge in [0.15, 0.2) is 0 Å². The highest BCUT2D eigenvalue weighted by Crippen LogP contribution is 2.59. The molecule has 9 unspecified atom stereocenters. The summed E-state index contributed by atoms with van der Waals surface area (Å²) in [5.41, 5.74) is 0. The van der Waals surface area contributed by atoms with E-state index in [4.69, 9.17) is 0 Å². The first kappa shape index (κ1) is 25.7. The summed E-state index contributed by atoms with van der Waals surface area (Å²) in [6, 6.07) is 0. The van der Waals surface area contributed by atoms with Gasteiger partial charge in [0.2, 0.25) is 0 Å². The highest BCUT2D eigenvalue weighted by molar-refractivity contribution is 6.64. The molecule has 3 aliphatic rings. The van der Waals surface area contributed by atoms with Crippen LogP contribution in [0, 0.1) is 53.3 Å². The van der Waals surface area contributed by atoms with Crippen molar-refractivity contribution in [3.63, 3.8) is 0 Å². The van der Waals surface area contributed by atoms with Gasteiger partial charge in [-0.15, -0.1) is 0 Å². The second kappa shape index (κ2) is 11.0. The average Bonchev–Trinajstić information content (AvgIpc) is 2.67. The third-order valence-electron chi connectivity index (χ3n) is 10.7. The zero-order valence-electron chi connectivity index (χ0n) is 22.9. The predicted molar refractivity (Wildman–Crippen MR) is 141 cm³/mol. The standard InChI is InChI=1S/C30H57B/c1-19(2)25-13-10-22(7)16-28(25)31(29-17-23(8)11-14-26(29)20(3)4)30-18-24(9)12-15-27(30)21(5)6/h19-30H,10-18H2,1-9H3. The Morgan fingerprint density at radius 1 is 0.452 bits per heavy atom. The highest BCUT2D eigenvalue weighted by Gasteiger charge is 2.51. The molecule has 3 saturated carbocycles. The quantitative estimate of drug-likeness (QED) is 0.369. The molecule has 0 N–H and O–H groups in total. The molecule has 0 amide bonds. The summed E-state index contributed by atoms with van der Waals surface area (Å²) < 4.78 is 0. The topological polar surface area (TPSA) is 0 Å². The van der Waals surface area contributed by atoms with Crippen molar-refractivity contribution in [2.75, 3.05) is 0 Å². The van der Waals surface area contributed by atoms with Crippen LogP contribution in [0.4, 0.5) is 0 Å². The van der Waals surface area contributed by atoms with Gasteiger partial charge in [0.25, 0.3) is 0 Å². The smallest absolute Gasteiger partial charge is 0.0625 e. The fraction of sp³-hybridized carbons (Fsp3) is 1.00. The molecule has 0 nitrogen and oxygen atoms in total. The molecular formula is C30H57B. The third-order valence-corrected chi connectivity index (χ3v) is 10.7. The molecule has 0 saturated heterocycles. The Labute approximate surface area is 197 Å². The first-order valence-corrected chi connectivity index (χ1v) is 14.6. The summed E-state index contributed by atoms with van der Waals surface area (Å²) in [7, 11) is 0. The van der Waals surface area contributed by atoms with E-state index >= 15 is 0 Å². The van der Waals surface area contributed by atoms with Gasteiger partial charge in [0.05, 0.1) is 0 Å². The van der Waals surface area contributed by atoms with Crippen molar-refractivity contribution >= 4 is 6.71 Å². The zero-order chi connectivity index (χ0) is 22.9. The molecule has 3 aliphatic carbocycles. The van der Waals surface area contributed by atoms with Crippen LogP contribution in [0.2, 0.25) is 17.5 Å². The summed E-state index contributed by atoms with van der Waals surface area (Å²) >= 11 is 0. The van der Waals surface area contributed by atoms with Crippen LogP contribution in [-0.4, -0.2) is 6.71 Å². The molecule has 9 atom stereocenters. The van der Waals surface area contributed by atoms with Crippen LogP contribution in [0.25, 0.3) is 0 Å². The SMILES string of the molecule is CC1CCC(C(C)C)C(B(C2CC(C)CCC2C(C)C)C2CC(C)CCC2C(C)C)C1. The summed E-state index contributed by atoms with van der Waals surface area (Å²) in [5, 5.41) is 0. The van der Waals surface area contributed by atoms with Crippen LogP contribution < -0.4 is 0 Å². The zero-order valence-corrected chi connectivity index (χ0v) is 22.9. The fourth-order valence-corrected chi connectivity index (χ4v) is 9.11. The molecular weight excluding hydrogens is 371 g/mol. The number of hydrogen-bond donors (Lipinski definition) is 0. The maximum Gasteiger partial charge on any atom is 0.150 e. The average molecular weight is 429 g/mol. The minimum Gasteiger partial charge on any atom is -0.0625 e. The van der Waals surface area contributed by atoms with E-state index in [1.54, 1.807) is 0 Å². The van der Waals surface area contributed by atoms with Crippen LogP contribution in [0.15, 0.2) is 0 Å². The minimum absolute atomic E-state index is 0.858. The Balaban J connectivity index is 2.05. The third kappa shape index (κ3) is 5.95. The second-order valence-electron chi connectivity index (χ2n) is 14.0. The van der Waals surface area contributed by atoms with E-state index in [9.17, 15) is 0 Å². The molecule has 0 heterocycles. The Bertz CT molecular complexity index is 460. The lowest BCUT2D eigenvalue weighted by molar-refractivity contribution is 0.185. The lowest BCUT2D eigenvalue weighted by Gasteiger charge is -2.53. The van der Waals surface area contributed by atoms with E-state index in [0.717, 1.165) is 77.4 Å². The molecule has 0 aromatic heterocycles. The Morgan fingerprint density at radius 2 is 0.710 bits per heavy atom. The van der Waals surface area contributed by atoms with Crippen molar-refractivity contribution in [3.05, 3.63) is 0 Å². The van der Waals surface area contributed by atoms with Gasteiger partial charge in [-0.3, -0.25) is 0 Å². The molecule has 0 spiro atoms. The monoisotopic (exact) mass is 428 g/mol. The predicted octanol–water partition coefficient (Wildman–Crippen LogP) is 9.87. The van der Waals surface area contributed by atoms with Gasteiger partial charge in [-0.2, -0.15) is 0 Å². The van der Waals surface area contributed by atoms with E-state index in [1.807, 2.05) is 0 Å². The van der Waals surface area contributed by atoms with E-state index in [2.05, 4.69) is 62.3 Å². The van der Waals surface area contributed by atoms with Crippen molar-refractivity contribution in [1.29, 1.82) is 0 Å². The van der Waals surface area contributed by atoms with Gasteiger partial charge >= 0.3 is 0 Å². The van der Waals surface area contributed by atoms with E-state index in [-0.39, 0.29) is 0 Å². The molecule has 0 bridgehead atoms. The molecule has 3 rings (SSSR count). The van der Waals surface area contributed by atoms with Gasteiger partial charge in [0.1, 0.15) is 6.71 Å². The van der Waals surface area contributed by atoms with Gasteiger partial charge in [-0.05, 0) is 53.3 Å². The lowest BCUT2D eigenvalue weighted by atomic mass is 9.19. The van der Waals surface area contributed by atoms with Crippen LogP contribution in [0.5, 0.6) is 0 Å². The van der Waals surface area contributed by atoms with Gasteiger partial charge in [-0.1, -0.05) is 138 Å². The number of hydrogen-bond acceptors (Lipinski definition) is 0. The second-order valence-corrected chi connectivity index (χ2v) is 14.0. The Hall–Kier alpha value is 0.0649. The molecule has 3 fully saturated rings. The van der Waals surface area contributed by atoms with Crippen LogP contribution in [0.3, 0.4) is 0 Å². The summed E-state index contributed by atoms with van der Waals surface area (Å²) in [5.74, 6) is 11.3. The fourth-order valence-electron chi connectivity index (χ4n) is 9.11. The van der Waals surface area contributed by atoms with E-state index < -0.39 is 0 Å². The summed E-state index contributed by atoms with van der Waals surface area (Å²) in [4.78, 5) is 0. The van der Waals surface area contributed by atoms with Crippen molar-refractivity contribution in [3.8, 4) is 0 Å². The summed E-state index contributed by atoms with van der Waals surface area (Å²) in [6.45, 7) is 24.0. The van der Waals surface area contributed by atoms with E-state index in [0.29, 0.717) is 0 Å². The van der Waals surface area contributed by atoms with Crippen molar-refractivity contribution in [2.24, 2.45) is 53.3 Å². The van der Waals surface area contributed by atoms with Crippen molar-refractivity contribution in [1.82, 2.24) is 0 Å².